The van der Waals surface area contributed by atoms with E-state index >= 15 is 0 Å². The van der Waals surface area contributed by atoms with E-state index < -0.39 is 15.7 Å². The summed E-state index contributed by atoms with van der Waals surface area (Å²) < 4.78 is 35.9. The third kappa shape index (κ3) is 3.70. The maximum absolute atomic E-state index is 13.5. The van der Waals surface area contributed by atoms with E-state index in [2.05, 4.69) is 9.98 Å². The summed E-state index contributed by atoms with van der Waals surface area (Å²) in [6.07, 6.45) is 0.971. The van der Waals surface area contributed by atoms with Crippen LogP contribution in [0.25, 0.3) is 0 Å². The molecule has 98 valence electrons. The molecule has 0 unspecified atom stereocenters. The number of aliphatic imine (C=N–C) groups is 2. The van der Waals surface area contributed by atoms with Crippen LogP contribution in [0.1, 0.15) is 0 Å². The zero-order valence-corrected chi connectivity index (χ0v) is 10.3. The van der Waals surface area contributed by atoms with Crippen LogP contribution in [0.4, 0.5) is 10.1 Å². The molecular formula is C9H12FN5O2S. The van der Waals surface area contributed by atoms with E-state index in [4.69, 9.17) is 17.2 Å². The maximum Gasteiger partial charge on any atom is 0.223 e. The van der Waals surface area contributed by atoms with Crippen LogP contribution in [-0.2, 0) is 9.84 Å². The summed E-state index contributed by atoms with van der Waals surface area (Å²) in [5.41, 5.74) is 15.3. The van der Waals surface area contributed by atoms with Crippen molar-refractivity contribution in [2.24, 2.45) is 27.2 Å². The lowest BCUT2D eigenvalue weighted by Crippen LogP contribution is -2.26. The number of hydrogen-bond acceptors (Lipinski definition) is 3. The minimum atomic E-state index is -3.48. The fourth-order valence-electron chi connectivity index (χ4n) is 1.09. The number of nitrogens with two attached hydrogens (primary N) is 3. The molecule has 0 aliphatic heterocycles. The van der Waals surface area contributed by atoms with Gasteiger partial charge in [-0.3, -0.25) is 0 Å². The Morgan fingerprint density at radius 1 is 1.28 bits per heavy atom. The van der Waals surface area contributed by atoms with Crippen LogP contribution in [0.2, 0.25) is 0 Å². The normalized spacial score (nSPS) is 12.2. The molecule has 0 atom stereocenters. The summed E-state index contributed by atoms with van der Waals surface area (Å²) in [4.78, 5) is 6.85. The van der Waals surface area contributed by atoms with Crippen molar-refractivity contribution < 1.29 is 12.8 Å². The van der Waals surface area contributed by atoms with Crippen LogP contribution in [-0.4, -0.2) is 26.6 Å². The molecule has 0 aliphatic carbocycles. The summed E-state index contributed by atoms with van der Waals surface area (Å²) >= 11 is 0. The molecule has 0 saturated carbocycles. The predicted molar refractivity (Wildman–Crippen MR) is 66.6 cm³/mol. The van der Waals surface area contributed by atoms with E-state index in [0.29, 0.717) is 0 Å². The molecule has 0 aromatic heterocycles. The number of guanidine groups is 2. The lowest BCUT2D eigenvalue weighted by Gasteiger charge is -2.01. The van der Waals surface area contributed by atoms with Crippen LogP contribution >= 0.6 is 0 Å². The zero-order chi connectivity index (χ0) is 13.9. The first-order valence-corrected chi connectivity index (χ1v) is 6.52. The minimum Gasteiger partial charge on any atom is -0.370 e. The van der Waals surface area contributed by atoms with E-state index in [-0.39, 0.29) is 22.5 Å². The first kappa shape index (κ1) is 13.9. The Bertz CT molecular complexity index is 620. The van der Waals surface area contributed by atoms with Crippen LogP contribution in [0.15, 0.2) is 33.1 Å². The third-order valence-electron chi connectivity index (χ3n) is 1.83. The second-order valence-electron chi connectivity index (χ2n) is 3.39. The standard InChI is InChI=1S/C9H12FN5O2S/c1-18(16,17)5-2-3-7(6(10)4-5)14-9(13)15-8(11)12/h2-4H,1H3,(H6,11,12,13,14,15). The summed E-state index contributed by atoms with van der Waals surface area (Å²) in [6, 6.07) is 3.22. The van der Waals surface area contributed by atoms with Gasteiger partial charge in [0.25, 0.3) is 0 Å². The highest BCUT2D eigenvalue weighted by molar-refractivity contribution is 7.90. The van der Waals surface area contributed by atoms with Crippen LogP contribution in [0.3, 0.4) is 0 Å². The summed E-state index contributed by atoms with van der Waals surface area (Å²) in [5, 5.41) is 0. The quantitative estimate of drug-likeness (QED) is 0.490. The minimum absolute atomic E-state index is 0.153. The fraction of sp³-hybridized carbons (Fsp3) is 0.111. The highest BCUT2D eigenvalue weighted by atomic mass is 32.2. The monoisotopic (exact) mass is 273 g/mol. The van der Waals surface area contributed by atoms with Gasteiger partial charge in [-0.2, -0.15) is 4.99 Å². The number of halogens is 1. The molecule has 18 heavy (non-hydrogen) atoms. The Morgan fingerprint density at radius 2 is 1.89 bits per heavy atom. The largest absolute Gasteiger partial charge is 0.370 e. The van der Waals surface area contributed by atoms with E-state index in [1.165, 1.54) is 12.1 Å². The average molecular weight is 273 g/mol. The molecular weight excluding hydrogens is 261 g/mol. The van der Waals surface area contributed by atoms with Gasteiger partial charge in [-0.15, -0.1) is 0 Å². The van der Waals surface area contributed by atoms with Crippen molar-refractivity contribution >= 4 is 27.4 Å². The van der Waals surface area contributed by atoms with Gasteiger partial charge in [-0.1, -0.05) is 0 Å². The highest BCUT2D eigenvalue weighted by Gasteiger charge is 2.10. The molecule has 1 rings (SSSR count). The second kappa shape index (κ2) is 5.00. The molecule has 1 aromatic carbocycles. The van der Waals surface area contributed by atoms with Crippen molar-refractivity contribution in [1.29, 1.82) is 0 Å². The molecule has 9 heteroatoms. The highest BCUT2D eigenvalue weighted by Crippen LogP contribution is 2.21. The predicted octanol–water partition coefficient (Wildman–Crippen LogP) is -0.551. The van der Waals surface area contributed by atoms with Gasteiger partial charge in [0.2, 0.25) is 5.96 Å². The van der Waals surface area contributed by atoms with Crippen LogP contribution in [0.5, 0.6) is 0 Å². The van der Waals surface area contributed by atoms with E-state index in [1.807, 2.05) is 0 Å². The third-order valence-corrected chi connectivity index (χ3v) is 2.94. The molecule has 0 fully saturated rings. The number of benzene rings is 1. The molecule has 0 saturated heterocycles. The molecule has 0 spiro atoms. The van der Waals surface area contributed by atoms with Gasteiger partial charge in [0.15, 0.2) is 15.8 Å². The number of nitrogens with zero attached hydrogens (tertiary/aromatic N) is 2. The smallest absolute Gasteiger partial charge is 0.223 e. The van der Waals surface area contributed by atoms with E-state index in [9.17, 15) is 12.8 Å². The SMILES string of the molecule is CS(=O)(=O)c1ccc(N=C(N)N=C(N)N)c(F)c1. The molecule has 0 bridgehead atoms. The Morgan fingerprint density at radius 3 is 2.33 bits per heavy atom. The summed E-state index contributed by atoms with van der Waals surface area (Å²) in [5.74, 6) is -1.49. The van der Waals surface area contributed by atoms with Gasteiger partial charge < -0.3 is 17.2 Å². The lowest BCUT2D eigenvalue weighted by atomic mass is 10.3. The van der Waals surface area contributed by atoms with E-state index in [0.717, 1.165) is 12.3 Å². The molecule has 0 heterocycles. The van der Waals surface area contributed by atoms with Crippen molar-refractivity contribution in [3.63, 3.8) is 0 Å². The van der Waals surface area contributed by atoms with Crippen LogP contribution < -0.4 is 17.2 Å². The lowest BCUT2D eigenvalue weighted by molar-refractivity contribution is 0.596. The Balaban J connectivity index is 3.19. The van der Waals surface area contributed by atoms with Crippen molar-refractivity contribution in [2.45, 2.75) is 4.90 Å². The Kier molecular flexibility index (Phi) is 3.86. The summed E-state index contributed by atoms with van der Waals surface area (Å²) in [7, 11) is -3.48. The van der Waals surface area contributed by atoms with Gasteiger partial charge in [0.05, 0.1) is 4.90 Å². The number of rotatable bonds is 2. The Labute approximate surface area is 103 Å². The second-order valence-corrected chi connectivity index (χ2v) is 5.41. The van der Waals surface area contributed by atoms with E-state index in [1.54, 1.807) is 0 Å². The molecule has 0 aliphatic rings. The first-order valence-electron chi connectivity index (χ1n) is 4.63. The van der Waals surface area contributed by atoms with Gasteiger partial charge in [-0.05, 0) is 18.2 Å². The van der Waals surface area contributed by atoms with Gasteiger partial charge in [-0.25, -0.2) is 17.8 Å². The van der Waals surface area contributed by atoms with Gasteiger partial charge >= 0.3 is 0 Å². The maximum atomic E-state index is 13.5. The topological polar surface area (TPSA) is 137 Å². The van der Waals surface area contributed by atoms with Crippen molar-refractivity contribution in [2.75, 3.05) is 6.26 Å². The molecule has 0 radical (unpaired) electrons. The average Bonchev–Trinajstić information content (AvgIpc) is 2.18. The number of sulfone groups is 1. The molecule has 6 N–H and O–H groups in total. The molecule has 7 nitrogen and oxygen atoms in total. The van der Waals surface area contributed by atoms with Gasteiger partial charge in [0, 0.05) is 6.26 Å². The number of hydrogen-bond donors (Lipinski definition) is 3. The fourth-order valence-corrected chi connectivity index (χ4v) is 1.72. The van der Waals surface area contributed by atoms with Crippen molar-refractivity contribution in [3.05, 3.63) is 24.0 Å². The zero-order valence-electron chi connectivity index (χ0n) is 9.46. The van der Waals surface area contributed by atoms with Gasteiger partial charge in [0.1, 0.15) is 11.5 Å². The Hall–Kier alpha value is -2.16. The molecule has 1 aromatic rings. The van der Waals surface area contributed by atoms with Crippen molar-refractivity contribution in [1.82, 2.24) is 0 Å². The molecule has 0 amide bonds. The summed E-state index contributed by atoms with van der Waals surface area (Å²) in [6.45, 7) is 0. The first-order chi connectivity index (χ1) is 8.20. The van der Waals surface area contributed by atoms with Crippen molar-refractivity contribution in [3.8, 4) is 0 Å². The van der Waals surface area contributed by atoms with Crippen LogP contribution in [0, 0.1) is 5.82 Å².